The number of carbonyl (C=O) groups is 2. The lowest BCUT2D eigenvalue weighted by Gasteiger charge is -2.18. The molecule has 132 valence electrons. The minimum atomic E-state index is -0.439. The highest BCUT2D eigenvalue weighted by Crippen LogP contribution is 2.18. The molecule has 0 saturated carbocycles. The predicted molar refractivity (Wildman–Crippen MR) is 102 cm³/mol. The van der Waals surface area contributed by atoms with Gasteiger partial charge in [0.05, 0.1) is 12.5 Å². The lowest BCUT2D eigenvalue weighted by molar-refractivity contribution is -0.118. The molecule has 1 N–H and O–H groups in total. The van der Waals surface area contributed by atoms with Gasteiger partial charge < -0.3 is 9.88 Å². The van der Waals surface area contributed by atoms with Crippen LogP contribution in [0, 0.1) is 0 Å². The monoisotopic (exact) mass is 365 g/mol. The second-order valence-electron chi connectivity index (χ2n) is 5.81. The summed E-state index contributed by atoms with van der Waals surface area (Å²) in [6.07, 6.45) is 1.95. The molecule has 0 aliphatic rings. The average molecular weight is 365 g/mol. The van der Waals surface area contributed by atoms with Crippen molar-refractivity contribution in [2.24, 2.45) is 12.0 Å². The lowest BCUT2D eigenvalue weighted by atomic mass is 10.0. The molecule has 3 aromatic rings. The summed E-state index contributed by atoms with van der Waals surface area (Å²) in [5.41, 5.74) is 1.43. The largest absolute Gasteiger partial charge is 0.345 e. The fraction of sp³-hybridized carbons (Fsp3) is 0.150. The number of benzene rings is 2. The minimum Gasteiger partial charge on any atom is -0.345 e. The van der Waals surface area contributed by atoms with Crippen LogP contribution < -0.4 is 10.1 Å². The number of thiazole rings is 1. The Kier molecular flexibility index (Phi) is 5.76. The summed E-state index contributed by atoms with van der Waals surface area (Å²) in [6.45, 7) is 0. The summed E-state index contributed by atoms with van der Waals surface area (Å²) >= 11 is 1.40. The van der Waals surface area contributed by atoms with E-state index in [0.29, 0.717) is 10.4 Å². The third kappa shape index (κ3) is 4.55. The van der Waals surface area contributed by atoms with E-state index in [1.807, 2.05) is 67.2 Å². The zero-order valence-electron chi connectivity index (χ0n) is 14.3. The van der Waals surface area contributed by atoms with Crippen molar-refractivity contribution < 1.29 is 9.59 Å². The van der Waals surface area contributed by atoms with Crippen molar-refractivity contribution in [3.8, 4) is 0 Å². The van der Waals surface area contributed by atoms with Crippen LogP contribution in [0.5, 0.6) is 0 Å². The van der Waals surface area contributed by atoms with Gasteiger partial charge in [-0.15, -0.1) is 11.3 Å². The molecule has 0 spiro atoms. The van der Waals surface area contributed by atoms with Crippen molar-refractivity contribution >= 4 is 23.2 Å². The topological polar surface area (TPSA) is 63.5 Å². The predicted octanol–water partition coefficient (Wildman–Crippen LogP) is 3.08. The lowest BCUT2D eigenvalue weighted by Crippen LogP contribution is -2.30. The fourth-order valence-corrected chi connectivity index (χ4v) is 3.28. The first-order valence-corrected chi connectivity index (χ1v) is 9.10. The third-order valence-corrected chi connectivity index (χ3v) is 4.75. The van der Waals surface area contributed by atoms with Crippen molar-refractivity contribution in [3.05, 3.63) is 88.2 Å². The summed E-state index contributed by atoms with van der Waals surface area (Å²) < 4.78 is 1.79. The number of amides is 2. The molecule has 0 saturated heterocycles. The van der Waals surface area contributed by atoms with Crippen LogP contribution in [0.4, 0.5) is 0 Å². The van der Waals surface area contributed by atoms with Gasteiger partial charge in [0.2, 0.25) is 0 Å². The number of hydrogen-bond acceptors (Lipinski definition) is 3. The maximum absolute atomic E-state index is 12.5. The summed E-state index contributed by atoms with van der Waals surface area (Å²) in [6, 6.07) is 18.0. The van der Waals surface area contributed by atoms with E-state index in [0.717, 1.165) is 5.56 Å². The molecular weight excluding hydrogens is 346 g/mol. The Morgan fingerprint density at radius 1 is 1.08 bits per heavy atom. The SMILES string of the molecule is Cn1ccsc1=NC(=O)CC(NC(=O)c1ccccc1)c1ccccc1. The van der Waals surface area contributed by atoms with Crippen LogP contribution >= 0.6 is 11.3 Å². The molecule has 0 aliphatic heterocycles. The summed E-state index contributed by atoms with van der Waals surface area (Å²) in [4.78, 5) is 29.8. The van der Waals surface area contributed by atoms with E-state index in [4.69, 9.17) is 0 Å². The molecule has 6 heteroatoms. The second kappa shape index (κ2) is 8.40. The van der Waals surface area contributed by atoms with Gasteiger partial charge in [0.25, 0.3) is 11.8 Å². The number of rotatable bonds is 5. The van der Waals surface area contributed by atoms with E-state index in [1.165, 1.54) is 11.3 Å². The van der Waals surface area contributed by atoms with Crippen molar-refractivity contribution in [2.45, 2.75) is 12.5 Å². The highest BCUT2D eigenvalue weighted by atomic mass is 32.1. The molecule has 2 aromatic carbocycles. The normalized spacial score (nSPS) is 12.6. The summed E-state index contributed by atoms with van der Waals surface area (Å²) in [5.74, 6) is -0.487. The van der Waals surface area contributed by atoms with E-state index in [2.05, 4.69) is 10.3 Å². The van der Waals surface area contributed by atoms with Gasteiger partial charge in [-0.2, -0.15) is 4.99 Å². The van der Waals surface area contributed by atoms with Crippen LogP contribution in [0.15, 0.2) is 77.2 Å². The van der Waals surface area contributed by atoms with E-state index < -0.39 is 6.04 Å². The molecule has 1 aromatic heterocycles. The van der Waals surface area contributed by atoms with Gasteiger partial charge >= 0.3 is 0 Å². The van der Waals surface area contributed by atoms with Crippen molar-refractivity contribution in [2.75, 3.05) is 0 Å². The fourth-order valence-electron chi connectivity index (χ4n) is 2.53. The van der Waals surface area contributed by atoms with E-state index >= 15 is 0 Å². The molecule has 1 heterocycles. The number of carbonyl (C=O) groups excluding carboxylic acids is 2. The van der Waals surface area contributed by atoms with Gasteiger partial charge in [0, 0.05) is 24.2 Å². The molecule has 0 fully saturated rings. The van der Waals surface area contributed by atoms with Crippen LogP contribution in [0.25, 0.3) is 0 Å². The van der Waals surface area contributed by atoms with E-state index in [-0.39, 0.29) is 18.2 Å². The Bertz CT molecular complexity index is 946. The highest BCUT2D eigenvalue weighted by Gasteiger charge is 2.19. The Balaban J connectivity index is 1.81. The van der Waals surface area contributed by atoms with Gasteiger partial charge in [-0.25, -0.2) is 0 Å². The molecule has 3 rings (SSSR count). The molecule has 0 bridgehead atoms. The van der Waals surface area contributed by atoms with Crippen LogP contribution in [0.1, 0.15) is 28.4 Å². The number of aromatic nitrogens is 1. The zero-order valence-corrected chi connectivity index (χ0v) is 15.1. The molecule has 0 radical (unpaired) electrons. The maximum Gasteiger partial charge on any atom is 0.251 e. The molecule has 5 nitrogen and oxygen atoms in total. The first-order valence-electron chi connectivity index (χ1n) is 8.22. The van der Waals surface area contributed by atoms with E-state index in [1.54, 1.807) is 16.7 Å². The van der Waals surface area contributed by atoms with Gasteiger partial charge in [-0.05, 0) is 17.7 Å². The first-order chi connectivity index (χ1) is 12.6. The Labute approximate surface area is 155 Å². The summed E-state index contributed by atoms with van der Waals surface area (Å²) in [7, 11) is 1.84. The molecule has 2 amide bonds. The standard InChI is InChI=1S/C20H19N3O2S/c1-23-12-13-26-20(23)22-18(24)14-17(15-8-4-2-5-9-15)21-19(25)16-10-6-3-7-11-16/h2-13,17H,14H2,1H3,(H,21,25). The quantitative estimate of drug-likeness (QED) is 0.755. The zero-order chi connectivity index (χ0) is 18.4. The minimum absolute atomic E-state index is 0.0977. The number of hydrogen-bond donors (Lipinski definition) is 1. The highest BCUT2D eigenvalue weighted by molar-refractivity contribution is 7.07. The van der Waals surface area contributed by atoms with Gasteiger partial charge in [-0.1, -0.05) is 48.5 Å². The van der Waals surface area contributed by atoms with Gasteiger partial charge in [0.1, 0.15) is 0 Å². The molecule has 0 aliphatic carbocycles. The number of nitrogens with one attached hydrogen (secondary N) is 1. The van der Waals surface area contributed by atoms with Crippen LogP contribution in [-0.2, 0) is 11.8 Å². The Hall–Kier alpha value is -2.99. The second-order valence-corrected chi connectivity index (χ2v) is 6.68. The van der Waals surface area contributed by atoms with Crippen LogP contribution in [0.2, 0.25) is 0 Å². The number of nitrogens with zero attached hydrogens (tertiary/aromatic N) is 2. The molecule has 1 atom stereocenters. The van der Waals surface area contributed by atoms with Crippen LogP contribution in [-0.4, -0.2) is 16.4 Å². The van der Waals surface area contributed by atoms with Crippen LogP contribution in [0.3, 0.4) is 0 Å². The molecular formula is C20H19N3O2S. The summed E-state index contributed by atoms with van der Waals surface area (Å²) in [5, 5.41) is 4.82. The molecule has 1 unspecified atom stereocenters. The van der Waals surface area contributed by atoms with Gasteiger partial charge in [0.15, 0.2) is 4.80 Å². The van der Waals surface area contributed by atoms with Crippen molar-refractivity contribution in [1.82, 2.24) is 9.88 Å². The third-order valence-electron chi connectivity index (χ3n) is 3.90. The maximum atomic E-state index is 12.5. The van der Waals surface area contributed by atoms with E-state index in [9.17, 15) is 9.59 Å². The average Bonchev–Trinajstić information content (AvgIpc) is 3.07. The van der Waals surface area contributed by atoms with Crippen molar-refractivity contribution in [1.29, 1.82) is 0 Å². The number of aryl methyl sites for hydroxylation is 1. The first kappa shape index (κ1) is 17.8. The smallest absolute Gasteiger partial charge is 0.251 e. The molecule has 26 heavy (non-hydrogen) atoms. The van der Waals surface area contributed by atoms with Gasteiger partial charge in [-0.3, -0.25) is 9.59 Å². The Morgan fingerprint density at radius 2 is 1.73 bits per heavy atom. The Morgan fingerprint density at radius 3 is 2.35 bits per heavy atom. The van der Waals surface area contributed by atoms with Crippen molar-refractivity contribution in [3.63, 3.8) is 0 Å².